The minimum atomic E-state index is -4.33. The van der Waals surface area contributed by atoms with Crippen LogP contribution in [-0.2, 0) is 12.8 Å². The Morgan fingerprint density at radius 1 is 1.00 bits per heavy atom. The molecule has 0 bridgehead atoms. The molecule has 0 N–H and O–H groups in total. The Morgan fingerprint density at radius 2 is 1.68 bits per heavy atom. The first kappa shape index (κ1) is 13.9. The van der Waals surface area contributed by atoms with E-state index in [1.54, 1.807) is 18.2 Å². The molecule has 0 aliphatic rings. The van der Waals surface area contributed by atoms with Gasteiger partial charge in [-0.25, -0.2) is 0 Å². The van der Waals surface area contributed by atoms with Crippen molar-refractivity contribution in [2.24, 2.45) is 0 Å². The molecule has 0 aliphatic heterocycles. The molecule has 0 atom stereocenters. The van der Waals surface area contributed by atoms with Gasteiger partial charge in [0.2, 0.25) is 0 Å². The summed E-state index contributed by atoms with van der Waals surface area (Å²) in [5.41, 5.74) is -0.179. The van der Waals surface area contributed by atoms with Gasteiger partial charge in [-0.1, -0.05) is 28.1 Å². The van der Waals surface area contributed by atoms with E-state index in [2.05, 4.69) is 15.9 Å². The van der Waals surface area contributed by atoms with Crippen molar-refractivity contribution in [3.8, 4) is 5.75 Å². The maximum absolute atomic E-state index is 12.5. The second kappa shape index (κ2) is 5.65. The van der Waals surface area contributed by atoms with Crippen LogP contribution in [0.3, 0.4) is 0 Å². The van der Waals surface area contributed by atoms with E-state index in [1.165, 1.54) is 6.07 Å². The monoisotopic (exact) mass is 330 g/mol. The van der Waals surface area contributed by atoms with Gasteiger partial charge in [-0.15, -0.1) is 0 Å². The number of ether oxygens (including phenoxy) is 1. The van der Waals surface area contributed by atoms with Crippen molar-refractivity contribution in [1.82, 2.24) is 0 Å². The third-order valence-electron chi connectivity index (χ3n) is 2.47. The second-order valence-electron chi connectivity index (χ2n) is 3.94. The Morgan fingerprint density at radius 3 is 2.32 bits per heavy atom. The number of hydrogen-bond acceptors (Lipinski definition) is 1. The third kappa shape index (κ3) is 3.99. The lowest BCUT2D eigenvalue weighted by Crippen LogP contribution is -2.06. The standard InChI is InChI=1S/C14H10BrF3O/c15-12-4-6-13(7-5-12)19-9-10-2-1-3-11(8-10)14(16,17)18/h1-8H,9H2. The first-order valence-electron chi connectivity index (χ1n) is 5.50. The molecule has 19 heavy (non-hydrogen) atoms. The SMILES string of the molecule is FC(F)(F)c1cccc(COc2ccc(Br)cc2)c1. The van der Waals surface area contributed by atoms with Gasteiger partial charge in [-0.3, -0.25) is 0 Å². The number of benzene rings is 2. The van der Waals surface area contributed by atoms with E-state index >= 15 is 0 Å². The molecule has 100 valence electrons. The summed E-state index contributed by atoms with van der Waals surface area (Å²) >= 11 is 3.29. The van der Waals surface area contributed by atoms with Crippen LogP contribution in [0.15, 0.2) is 53.0 Å². The van der Waals surface area contributed by atoms with Crippen LogP contribution in [0.25, 0.3) is 0 Å². The van der Waals surface area contributed by atoms with Crippen LogP contribution >= 0.6 is 15.9 Å². The van der Waals surface area contributed by atoms with E-state index in [1.807, 2.05) is 12.1 Å². The normalized spacial score (nSPS) is 11.4. The fourth-order valence-electron chi connectivity index (χ4n) is 1.53. The van der Waals surface area contributed by atoms with Crippen LogP contribution in [-0.4, -0.2) is 0 Å². The summed E-state index contributed by atoms with van der Waals surface area (Å²) in [6.07, 6.45) is -4.33. The predicted molar refractivity (Wildman–Crippen MR) is 69.9 cm³/mol. The fourth-order valence-corrected chi connectivity index (χ4v) is 1.80. The molecule has 0 amide bonds. The summed E-state index contributed by atoms with van der Waals surface area (Å²) in [4.78, 5) is 0. The molecule has 0 fully saturated rings. The summed E-state index contributed by atoms with van der Waals surface area (Å²) in [5, 5.41) is 0. The van der Waals surface area contributed by atoms with Gasteiger partial charge >= 0.3 is 6.18 Å². The first-order valence-corrected chi connectivity index (χ1v) is 6.29. The largest absolute Gasteiger partial charge is 0.489 e. The van der Waals surface area contributed by atoms with Crippen LogP contribution in [0.4, 0.5) is 13.2 Å². The average Bonchev–Trinajstić information content (AvgIpc) is 2.37. The lowest BCUT2D eigenvalue weighted by atomic mass is 10.1. The van der Waals surface area contributed by atoms with Crippen molar-refractivity contribution in [2.75, 3.05) is 0 Å². The Hall–Kier alpha value is -1.49. The molecular weight excluding hydrogens is 321 g/mol. The highest BCUT2D eigenvalue weighted by Gasteiger charge is 2.30. The Kier molecular flexibility index (Phi) is 4.14. The zero-order valence-electron chi connectivity index (χ0n) is 9.75. The summed E-state index contributed by atoms with van der Waals surface area (Å²) in [7, 11) is 0. The smallest absolute Gasteiger partial charge is 0.416 e. The molecule has 0 aliphatic carbocycles. The number of alkyl halides is 3. The molecule has 5 heteroatoms. The number of halogens is 4. The average molecular weight is 331 g/mol. The van der Waals surface area contributed by atoms with E-state index in [9.17, 15) is 13.2 Å². The Labute approximate surface area is 117 Å². The maximum Gasteiger partial charge on any atom is 0.416 e. The molecule has 0 saturated carbocycles. The van der Waals surface area contributed by atoms with Crippen LogP contribution in [0.1, 0.15) is 11.1 Å². The summed E-state index contributed by atoms with van der Waals surface area (Å²) < 4.78 is 43.9. The maximum atomic E-state index is 12.5. The van der Waals surface area contributed by atoms with Crippen LogP contribution < -0.4 is 4.74 Å². The minimum absolute atomic E-state index is 0.103. The molecule has 0 radical (unpaired) electrons. The van der Waals surface area contributed by atoms with Gasteiger partial charge < -0.3 is 4.74 Å². The van der Waals surface area contributed by atoms with E-state index in [-0.39, 0.29) is 6.61 Å². The zero-order chi connectivity index (χ0) is 13.9. The predicted octanol–water partition coefficient (Wildman–Crippen LogP) is 5.05. The van der Waals surface area contributed by atoms with Crippen molar-refractivity contribution < 1.29 is 17.9 Å². The van der Waals surface area contributed by atoms with E-state index in [0.29, 0.717) is 11.3 Å². The minimum Gasteiger partial charge on any atom is -0.489 e. The topological polar surface area (TPSA) is 9.23 Å². The number of rotatable bonds is 3. The Bertz CT molecular complexity index is 549. The second-order valence-corrected chi connectivity index (χ2v) is 4.86. The lowest BCUT2D eigenvalue weighted by Gasteiger charge is -2.10. The van der Waals surface area contributed by atoms with E-state index in [4.69, 9.17) is 4.74 Å². The molecule has 0 aromatic heterocycles. The number of hydrogen-bond donors (Lipinski definition) is 0. The molecular formula is C14H10BrF3O. The van der Waals surface area contributed by atoms with Crippen LogP contribution in [0.2, 0.25) is 0 Å². The molecule has 0 heterocycles. The molecule has 2 aromatic rings. The summed E-state index contributed by atoms with van der Waals surface area (Å²) in [6.45, 7) is 0.103. The quantitative estimate of drug-likeness (QED) is 0.765. The van der Waals surface area contributed by atoms with E-state index in [0.717, 1.165) is 16.6 Å². The molecule has 0 spiro atoms. The van der Waals surface area contributed by atoms with Crippen molar-refractivity contribution in [1.29, 1.82) is 0 Å². The summed E-state index contributed by atoms with van der Waals surface area (Å²) in [5.74, 6) is 0.612. The van der Waals surface area contributed by atoms with Crippen LogP contribution in [0.5, 0.6) is 5.75 Å². The van der Waals surface area contributed by atoms with Crippen LogP contribution in [0, 0.1) is 0 Å². The van der Waals surface area contributed by atoms with E-state index < -0.39 is 11.7 Å². The fraction of sp³-hybridized carbons (Fsp3) is 0.143. The highest BCUT2D eigenvalue weighted by Crippen LogP contribution is 2.29. The molecule has 1 nitrogen and oxygen atoms in total. The molecule has 2 rings (SSSR count). The van der Waals surface area contributed by atoms with Crippen molar-refractivity contribution >= 4 is 15.9 Å². The molecule has 2 aromatic carbocycles. The van der Waals surface area contributed by atoms with Gasteiger partial charge in [0.25, 0.3) is 0 Å². The van der Waals surface area contributed by atoms with Gasteiger partial charge in [0.1, 0.15) is 12.4 Å². The van der Waals surface area contributed by atoms with Gasteiger partial charge in [-0.2, -0.15) is 13.2 Å². The summed E-state index contributed by atoms with van der Waals surface area (Å²) in [6, 6.07) is 12.2. The molecule has 0 unspecified atom stereocenters. The Balaban J connectivity index is 2.05. The van der Waals surface area contributed by atoms with Crippen molar-refractivity contribution in [2.45, 2.75) is 12.8 Å². The third-order valence-corrected chi connectivity index (χ3v) is 3.00. The first-order chi connectivity index (χ1) is 8.95. The highest BCUT2D eigenvalue weighted by atomic mass is 79.9. The van der Waals surface area contributed by atoms with Crippen molar-refractivity contribution in [3.05, 3.63) is 64.1 Å². The van der Waals surface area contributed by atoms with Crippen molar-refractivity contribution in [3.63, 3.8) is 0 Å². The van der Waals surface area contributed by atoms with Gasteiger partial charge in [0.05, 0.1) is 5.56 Å². The van der Waals surface area contributed by atoms with Gasteiger partial charge in [-0.05, 0) is 42.0 Å². The van der Waals surface area contributed by atoms with Gasteiger partial charge in [0, 0.05) is 4.47 Å². The molecule has 0 saturated heterocycles. The zero-order valence-corrected chi connectivity index (χ0v) is 11.3. The van der Waals surface area contributed by atoms with Gasteiger partial charge in [0.15, 0.2) is 0 Å². The highest BCUT2D eigenvalue weighted by molar-refractivity contribution is 9.10. The lowest BCUT2D eigenvalue weighted by molar-refractivity contribution is -0.137.